The molecule has 8 aromatic rings. The zero-order valence-electron chi connectivity index (χ0n) is 27.8. The molecule has 47 heavy (non-hydrogen) atoms. The molecule has 8 aromatic carbocycles. The van der Waals surface area contributed by atoms with E-state index in [2.05, 4.69) is 174 Å². The summed E-state index contributed by atoms with van der Waals surface area (Å²) in [7, 11) is 0. The summed E-state index contributed by atoms with van der Waals surface area (Å²) in [5.41, 5.74) is 12.0. The van der Waals surface area contributed by atoms with Crippen LogP contribution in [0, 0.1) is 0 Å². The molecule has 226 valence electrons. The molecule has 0 heteroatoms. The Morgan fingerprint density at radius 2 is 1.00 bits per heavy atom. The summed E-state index contributed by atoms with van der Waals surface area (Å²) in [4.78, 5) is 0. The lowest BCUT2D eigenvalue weighted by atomic mass is 9.77. The van der Waals surface area contributed by atoms with Crippen LogP contribution in [-0.4, -0.2) is 0 Å². The van der Waals surface area contributed by atoms with Crippen LogP contribution in [0.1, 0.15) is 51.3 Å². The van der Waals surface area contributed by atoms with Gasteiger partial charge in [0.2, 0.25) is 0 Å². The standard InChI is InChI=1S/C47H38/c1-46(2,3)45-38-17-11-10-16-36(38)43(34-19-18-29-12-6-7-14-31(29)26-34)37-23-20-32(27-40(37)45)33-21-24-39-42(28-33)47(4,5)41-25-22-30-13-8-9-15-35(30)44(39)41/h6-28H,1-5H3. The second-order valence-electron chi connectivity index (χ2n) is 15.0. The molecule has 1 aliphatic rings. The van der Waals surface area contributed by atoms with Crippen molar-refractivity contribution in [2.45, 2.75) is 45.4 Å². The molecule has 0 unspecified atom stereocenters. The summed E-state index contributed by atoms with van der Waals surface area (Å²) in [6, 6.07) is 52.5. The Hall–Kier alpha value is -5.20. The van der Waals surface area contributed by atoms with Gasteiger partial charge in [-0.05, 0) is 117 Å². The molecule has 1 aliphatic carbocycles. The van der Waals surface area contributed by atoms with E-state index in [1.807, 2.05) is 0 Å². The van der Waals surface area contributed by atoms with E-state index in [4.69, 9.17) is 0 Å². The van der Waals surface area contributed by atoms with Crippen LogP contribution in [0.25, 0.3) is 76.5 Å². The van der Waals surface area contributed by atoms with E-state index in [1.165, 1.54) is 93.2 Å². The molecule has 0 amide bonds. The molecular formula is C47H38. The lowest BCUT2D eigenvalue weighted by Gasteiger charge is -2.27. The van der Waals surface area contributed by atoms with Gasteiger partial charge in [0.05, 0.1) is 0 Å². The van der Waals surface area contributed by atoms with E-state index in [1.54, 1.807) is 0 Å². The Morgan fingerprint density at radius 1 is 0.404 bits per heavy atom. The summed E-state index contributed by atoms with van der Waals surface area (Å²) in [5.74, 6) is 0. The fraction of sp³-hybridized carbons (Fsp3) is 0.149. The number of rotatable bonds is 2. The van der Waals surface area contributed by atoms with E-state index in [9.17, 15) is 0 Å². The Bertz CT molecular complexity index is 2570. The molecule has 0 nitrogen and oxygen atoms in total. The fourth-order valence-electron chi connectivity index (χ4n) is 8.51. The van der Waals surface area contributed by atoms with Crippen molar-refractivity contribution in [3.05, 3.63) is 156 Å². The van der Waals surface area contributed by atoms with Crippen LogP contribution >= 0.6 is 0 Å². The van der Waals surface area contributed by atoms with E-state index < -0.39 is 0 Å². The Kier molecular flexibility index (Phi) is 5.91. The summed E-state index contributed by atoms with van der Waals surface area (Å²) >= 11 is 0. The van der Waals surface area contributed by atoms with E-state index in [-0.39, 0.29) is 10.8 Å². The van der Waals surface area contributed by atoms with Crippen molar-refractivity contribution in [2.75, 3.05) is 0 Å². The van der Waals surface area contributed by atoms with Crippen molar-refractivity contribution in [3.8, 4) is 33.4 Å². The molecular weight excluding hydrogens is 565 g/mol. The third kappa shape index (κ3) is 4.14. The minimum Gasteiger partial charge on any atom is -0.0616 e. The molecule has 0 heterocycles. The molecule has 0 spiro atoms. The lowest BCUT2D eigenvalue weighted by Crippen LogP contribution is -2.15. The maximum Gasteiger partial charge on any atom is 0.0159 e. The van der Waals surface area contributed by atoms with Gasteiger partial charge in [0.15, 0.2) is 0 Å². The Labute approximate surface area is 277 Å². The SMILES string of the molecule is CC(C)(C)c1c2ccccc2c(-c2ccc3ccccc3c2)c2ccc(-c3ccc4c(c3)C(C)(C)c3ccc5ccccc5c3-4)cc12. The van der Waals surface area contributed by atoms with Crippen molar-refractivity contribution in [1.82, 2.24) is 0 Å². The van der Waals surface area contributed by atoms with Crippen LogP contribution in [0.3, 0.4) is 0 Å². The van der Waals surface area contributed by atoms with E-state index in [0.717, 1.165) is 0 Å². The average Bonchev–Trinajstić information content (AvgIpc) is 3.32. The molecule has 0 saturated carbocycles. The monoisotopic (exact) mass is 602 g/mol. The highest BCUT2D eigenvalue weighted by Gasteiger charge is 2.36. The molecule has 0 fully saturated rings. The lowest BCUT2D eigenvalue weighted by molar-refractivity contribution is 0.601. The predicted molar refractivity (Wildman–Crippen MR) is 204 cm³/mol. The quantitative estimate of drug-likeness (QED) is 0.173. The third-order valence-corrected chi connectivity index (χ3v) is 10.7. The minimum absolute atomic E-state index is 0.0407. The van der Waals surface area contributed by atoms with Gasteiger partial charge >= 0.3 is 0 Å². The van der Waals surface area contributed by atoms with Crippen LogP contribution in [0.2, 0.25) is 0 Å². The zero-order valence-corrected chi connectivity index (χ0v) is 27.8. The van der Waals surface area contributed by atoms with Crippen LogP contribution in [0.4, 0.5) is 0 Å². The Morgan fingerprint density at radius 3 is 1.79 bits per heavy atom. The first-order chi connectivity index (χ1) is 22.7. The van der Waals surface area contributed by atoms with Gasteiger partial charge in [-0.3, -0.25) is 0 Å². The minimum atomic E-state index is -0.0718. The van der Waals surface area contributed by atoms with Gasteiger partial charge in [0.1, 0.15) is 0 Å². The summed E-state index contributed by atoms with van der Waals surface area (Å²) in [5, 5.41) is 10.5. The van der Waals surface area contributed by atoms with Gasteiger partial charge in [0, 0.05) is 5.41 Å². The van der Waals surface area contributed by atoms with Crippen molar-refractivity contribution in [3.63, 3.8) is 0 Å². The first-order valence-electron chi connectivity index (χ1n) is 16.9. The fourth-order valence-corrected chi connectivity index (χ4v) is 8.51. The zero-order chi connectivity index (χ0) is 32.1. The molecule has 0 N–H and O–H groups in total. The van der Waals surface area contributed by atoms with Gasteiger partial charge in [-0.1, -0.05) is 156 Å². The summed E-state index contributed by atoms with van der Waals surface area (Å²) in [6.07, 6.45) is 0. The third-order valence-electron chi connectivity index (χ3n) is 10.7. The van der Waals surface area contributed by atoms with Gasteiger partial charge < -0.3 is 0 Å². The molecule has 0 aromatic heterocycles. The van der Waals surface area contributed by atoms with Crippen molar-refractivity contribution in [1.29, 1.82) is 0 Å². The topological polar surface area (TPSA) is 0 Å². The van der Waals surface area contributed by atoms with Crippen LogP contribution < -0.4 is 0 Å². The van der Waals surface area contributed by atoms with Crippen molar-refractivity contribution in [2.24, 2.45) is 0 Å². The maximum atomic E-state index is 2.47. The normalized spacial score (nSPS) is 13.8. The Balaban J connectivity index is 1.30. The number of fused-ring (bicyclic) bond motifs is 8. The number of hydrogen-bond acceptors (Lipinski definition) is 0. The van der Waals surface area contributed by atoms with Crippen molar-refractivity contribution < 1.29 is 0 Å². The van der Waals surface area contributed by atoms with Gasteiger partial charge in [-0.2, -0.15) is 0 Å². The van der Waals surface area contributed by atoms with Crippen molar-refractivity contribution >= 4 is 43.1 Å². The average molecular weight is 603 g/mol. The highest BCUT2D eigenvalue weighted by Crippen LogP contribution is 2.52. The maximum absolute atomic E-state index is 2.47. The van der Waals surface area contributed by atoms with E-state index >= 15 is 0 Å². The molecule has 0 aliphatic heterocycles. The number of benzene rings is 8. The molecule has 0 saturated heterocycles. The second-order valence-corrected chi connectivity index (χ2v) is 15.0. The van der Waals surface area contributed by atoms with Crippen LogP contribution in [0.5, 0.6) is 0 Å². The van der Waals surface area contributed by atoms with Crippen LogP contribution in [0.15, 0.2) is 140 Å². The molecule has 0 bridgehead atoms. The summed E-state index contributed by atoms with van der Waals surface area (Å²) < 4.78 is 0. The largest absolute Gasteiger partial charge is 0.0616 e. The smallest absolute Gasteiger partial charge is 0.0159 e. The van der Waals surface area contributed by atoms with E-state index in [0.29, 0.717) is 0 Å². The van der Waals surface area contributed by atoms with Gasteiger partial charge in [-0.15, -0.1) is 0 Å². The summed E-state index contributed by atoms with van der Waals surface area (Å²) in [6.45, 7) is 11.8. The molecule has 0 radical (unpaired) electrons. The highest BCUT2D eigenvalue weighted by molar-refractivity contribution is 6.17. The first-order valence-corrected chi connectivity index (χ1v) is 16.9. The van der Waals surface area contributed by atoms with Crippen LogP contribution in [-0.2, 0) is 10.8 Å². The molecule has 9 rings (SSSR count). The predicted octanol–water partition coefficient (Wildman–Crippen LogP) is 13.2. The van der Waals surface area contributed by atoms with Gasteiger partial charge in [0.25, 0.3) is 0 Å². The highest BCUT2D eigenvalue weighted by atomic mass is 14.4. The first kappa shape index (κ1) is 28.1. The van der Waals surface area contributed by atoms with Gasteiger partial charge in [-0.25, -0.2) is 0 Å². The second kappa shape index (κ2) is 9.90. The molecule has 0 atom stereocenters. The number of hydrogen-bond donors (Lipinski definition) is 0.